The van der Waals surface area contributed by atoms with E-state index in [0.717, 1.165) is 31.6 Å². The average Bonchev–Trinajstić information content (AvgIpc) is 3.24. The number of methoxy groups -OCH3 is 1. The van der Waals surface area contributed by atoms with E-state index in [1.54, 1.807) is 0 Å². The quantitative estimate of drug-likeness (QED) is 0.706. The molecule has 5 rings (SSSR count). The van der Waals surface area contributed by atoms with E-state index in [1.165, 1.54) is 25.5 Å². The topological polar surface area (TPSA) is 48.7 Å². The van der Waals surface area contributed by atoms with Gasteiger partial charge in [0.15, 0.2) is 0 Å². The molecule has 1 spiro atoms. The minimum absolute atomic E-state index is 0.0268. The van der Waals surface area contributed by atoms with Crippen LogP contribution in [0.4, 0.5) is 0 Å². The number of rotatable bonds is 1. The van der Waals surface area contributed by atoms with Crippen LogP contribution in [-0.4, -0.2) is 19.7 Å². The van der Waals surface area contributed by atoms with Crippen molar-refractivity contribution in [3.8, 4) is 0 Å². The summed E-state index contributed by atoms with van der Waals surface area (Å²) in [7, 11) is 1.53. The number of esters is 1. The number of fused-ring (bicyclic) bond motifs is 2. The van der Waals surface area contributed by atoms with Crippen molar-refractivity contribution >= 4 is 5.97 Å². The van der Waals surface area contributed by atoms with Crippen LogP contribution in [0, 0.1) is 28.6 Å². The molecule has 0 bridgehead atoms. The van der Waals surface area contributed by atoms with Crippen molar-refractivity contribution in [3.05, 3.63) is 23.7 Å². The molecular weight excluding hydrogens is 316 g/mol. The predicted octanol–water partition coefficient (Wildman–Crippen LogP) is 4.46. The molecule has 1 aliphatic heterocycles. The van der Waals surface area contributed by atoms with E-state index in [1.807, 2.05) is 6.26 Å². The Morgan fingerprint density at radius 2 is 2.16 bits per heavy atom. The van der Waals surface area contributed by atoms with Crippen LogP contribution >= 0.6 is 0 Å². The SMILES string of the molecule is COC(=O)[C@]1(C)CCC[C@@]23CO[C@H]4c5occc5[C@H](C)[C@H](CC[C@H]21)[C@H]43. The van der Waals surface area contributed by atoms with Crippen molar-refractivity contribution in [1.82, 2.24) is 0 Å². The van der Waals surface area contributed by atoms with Crippen LogP contribution in [0.2, 0.25) is 0 Å². The molecule has 4 nitrogen and oxygen atoms in total. The van der Waals surface area contributed by atoms with E-state index >= 15 is 0 Å². The lowest BCUT2D eigenvalue weighted by Gasteiger charge is -2.59. The number of carbonyl (C=O) groups excluding carboxylic acids is 1. The van der Waals surface area contributed by atoms with Crippen LogP contribution in [0.15, 0.2) is 16.7 Å². The number of furan rings is 1. The minimum atomic E-state index is -0.372. The summed E-state index contributed by atoms with van der Waals surface area (Å²) in [5.41, 5.74) is 1.07. The molecule has 0 amide bonds. The van der Waals surface area contributed by atoms with Crippen molar-refractivity contribution in [1.29, 1.82) is 0 Å². The summed E-state index contributed by atoms with van der Waals surface area (Å²) in [5, 5.41) is 0. The van der Waals surface area contributed by atoms with Crippen molar-refractivity contribution in [3.63, 3.8) is 0 Å². The van der Waals surface area contributed by atoms with E-state index in [2.05, 4.69) is 19.9 Å². The number of ether oxygens (including phenoxy) is 2. The fourth-order valence-electron chi connectivity index (χ4n) is 7.33. The highest BCUT2D eigenvalue weighted by atomic mass is 16.5. The van der Waals surface area contributed by atoms with Gasteiger partial charge in [0.05, 0.1) is 25.4 Å². The maximum atomic E-state index is 12.7. The third kappa shape index (κ3) is 1.79. The Kier molecular flexibility index (Phi) is 3.26. The summed E-state index contributed by atoms with van der Waals surface area (Å²) in [6.45, 7) is 5.26. The van der Waals surface area contributed by atoms with Gasteiger partial charge < -0.3 is 13.9 Å². The zero-order valence-electron chi connectivity index (χ0n) is 15.4. The molecule has 0 radical (unpaired) electrons. The van der Waals surface area contributed by atoms with E-state index in [4.69, 9.17) is 13.9 Å². The maximum absolute atomic E-state index is 12.7. The van der Waals surface area contributed by atoms with Gasteiger partial charge in [0.25, 0.3) is 0 Å². The van der Waals surface area contributed by atoms with Gasteiger partial charge in [0.1, 0.15) is 11.9 Å². The molecule has 2 saturated carbocycles. The third-order valence-electron chi connectivity index (χ3n) is 8.34. The minimum Gasteiger partial charge on any atom is -0.469 e. The Labute approximate surface area is 149 Å². The molecule has 1 aromatic heterocycles. The molecule has 3 aliphatic carbocycles. The second-order valence-corrected chi connectivity index (χ2v) is 9.08. The molecule has 136 valence electrons. The van der Waals surface area contributed by atoms with Crippen LogP contribution in [-0.2, 0) is 14.3 Å². The van der Waals surface area contributed by atoms with Crippen molar-refractivity contribution < 1.29 is 18.7 Å². The fraction of sp³-hybridized carbons (Fsp3) is 0.762. The van der Waals surface area contributed by atoms with Gasteiger partial charge in [-0.3, -0.25) is 4.79 Å². The molecule has 1 saturated heterocycles. The van der Waals surface area contributed by atoms with Crippen LogP contribution in [0.25, 0.3) is 0 Å². The smallest absolute Gasteiger partial charge is 0.311 e. The van der Waals surface area contributed by atoms with Gasteiger partial charge in [0, 0.05) is 11.3 Å². The Balaban J connectivity index is 1.62. The second-order valence-electron chi connectivity index (χ2n) is 9.08. The Morgan fingerprint density at radius 3 is 2.96 bits per heavy atom. The second kappa shape index (κ2) is 5.12. The molecule has 1 aromatic rings. The van der Waals surface area contributed by atoms with Crippen molar-refractivity contribution in [2.45, 2.75) is 58.0 Å². The predicted molar refractivity (Wildman–Crippen MR) is 91.9 cm³/mol. The molecular formula is C21H28O4. The van der Waals surface area contributed by atoms with Crippen LogP contribution in [0.3, 0.4) is 0 Å². The maximum Gasteiger partial charge on any atom is 0.311 e. The van der Waals surface area contributed by atoms with Gasteiger partial charge >= 0.3 is 5.97 Å². The standard InChI is InChI=1S/C21H28O4/c1-12-13-5-6-15-20(2,19(22)23-3)8-4-9-21(15)11-25-18(16(13)21)17-14(12)7-10-24-17/h7,10,12-13,15-16,18H,4-6,8-9,11H2,1-3H3/t12-,13+,15+,16-,18-,20-,21-/m1/s1. The van der Waals surface area contributed by atoms with Gasteiger partial charge in [-0.15, -0.1) is 0 Å². The van der Waals surface area contributed by atoms with Crippen molar-refractivity contribution in [2.75, 3.05) is 13.7 Å². The number of carbonyl (C=O) groups is 1. The molecule has 3 fully saturated rings. The van der Waals surface area contributed by atoms with Gasteiger partial charge in [-0.05, 0) is 62.0 Å². The molecule has 25 heavy (non-hydrogen) atoms. The van der Waals surface area contributed by atoms with Crippen molar-refractivity contribution in [2.24, 2.45) is 28.6 Å². The summed E-state index contributed by atoms with van der Waals surface area (Å²) in [6, 6.07) is 2.14. The average molecular weight is 344 g/mol. The Bertz CT molecular complexity index is 709. The summed E-state index contributed by atoms with van der Waals surface area (Å²) >= 11 is 0. The summed E-state index contributed by atoms with van der Waals surface area (Å²) < 4.78 is 17.6. The highest BCUT2D eigenvalue weighted by Gasteiger charge is 2.68. The van der Waals surface area contributed by atoms with Gasteiger partial charge in [0.2, 0.25) is 0 Å². The Hall–Kier alpha value is -1.29. The van der Waals surface area contributed by atoms with Crippen LogP contribution in [0.5, 0.6) is 0 Å². The molecule has 4 heteroatoms. The lowest BCUT2D eigenvalue weighted by atomic mass is 9.43. The fourth-order valence-corrected chi connectivity index (χ4v) is 7.33. The van der Waals surface area contributed by atoms with E-state index in [-0.39, 0.29) is 22.9 Å². The van der Waals surface area contributed by atoms with Gasteiger partial charge in [-0.25, -0.2) is 0 Å². The summed E-state index contributed by atoms with van der Waals surface area (Å²) in [5.74, 6) is 3.01. The number of hydrogen-bond acceptors (Lipinski definition) is 4. The highest BCUT2D eigenvalue weighted by Crippen LogP contribution is 2.70. The molecule has 0 N–H and O–H groups in total. The van der Waals surface area contributed by atoms with Gasteiger partial charge in [-0.2, -0.15) is 0 Å². The zero-order chi connectivity index (χ0) is 17.4. The normalized spacial score (nSPS) is 47.6. The van der Waals surface area contributed by atoms with Crippen LogP contribution in [0.1, 0.15) is 69.3 Å². The molecule has 4 aliphatic rings. The summed E-state index contributed by atoms with van der Waals surface area (Å²) in [4.78, 5) is 12.7. The first-order chi connectivity index (χ1) is 12.0. The van der Waals surface area contributed by atoms with E-state index in [9.17, 15) is 4.79 Å². The first kappa shape index (κ1) is 15.9. The molecule has 2 heterocycles. The van der Waals surface area contributed by atoms with E-state index in [0.29, 0.717) is 23.7 Å². The molecule has 0 unspecified atom stereocenters. The van der Waals surface area contributed by atoms with Crippen LogP contribution < -0.4 is 0 Å². The number of hydrogen-bond donors (Lipinski definition) is 0. The Morgan fingerprint density at radius 1 is 1.32 bits per heavy atom. The lowest BCUT2D eigenvalue weighted by Crippen LogP contribution is -2.57. The lowest BCUT2D eigenvalue weighted by molar-refractivity contribution is -0.172. The summed E-state index contributed by atoms with van der Waals surface area (Å²) in [6.07, 6.45) is 7.38. The zero-order valence-corrected chi connectivity index (χ0v) is 15.4. The first-order valence-corrected chi connectivity index (χ1v) is 9.80. The van der Waals surface area contributed by atoms with Gasteiger partial charge in [-0.1, -0.05) is 13.3 Å². The molecule has 7 atom stereocenters. The molecule has 0 aromatic carbocycles. The highest BCUT2D eigenvalue weighted by molar-refractivity contribution is 5.77. The largest absolute Gasteiger partial charge is 0.469 e. The first-order valence-electron chi connectivity index (χ1n) is 9.80. The van der Waals surface area contributed by atoms with E-state index < -0.39 is 0 Å². The monoisotopic (exact) mass is 344 g/mol. The third-order valence-corrected chi connectivity index (χ3v) is 8.34.